The predicted octanol–water partition coefficient (Wildman–Crippen LogP) is 2.83. The van der Waals surface area contributed by atoms with E-state index in [0.29, 0.717) is 11.4 Å². The van der Waals surface area contributed by atoms with Crippen molar-refractivity contribution in [2.75, 3.05) is 0 Å². The van der Waals surface area contributed by atoms with Gasteiger partial charge >= 0.3 is 0 Å². The lowest BCUT2D eigenvalue weighted by Crippen LogP contribution is -2.33. The standard InChI is InChI=1S/C15H15ClN4O/c1-15(2,8-17)14(21)13(20-10-18-9-19-20)7-11-3-5-12(16)6-4-11/h3-6,9-10,13H,7H2,1-2H3. The molecule has 1 atom stereocenters. The maximum absolute atomic E-state index is 12.6. The van der Waals surface area contributed by atoms with Crippen LogP contribution in [0.2, 0.25) is 5.02 Å². The van der Waals surface area contributed by atoms with E-state index < -0.39 is 11.5 Å². The second-order valence-corrected chi connectivity index (χ2v) is 5.76. The highest BCUT2D eigenvalue weighted by Crippen LogP contribution is 2.26. The summed E-state index contributed by atoms with van der Waals surface area (Å²) in [5.74, 6) is -0.189. The zero-order chi connectivity index (χ0) is 15.5. The molecule has 0 aliphatic rings. The number of nitriles is 1. The van der Waals surface area contributed by atoms with Gasteiger partial charge < -0.3 is 0 Å². The number of nitrogens with zero attached hydrogens (tertiary/aromatic N) is 4. The van der Waals surface area contributed by atoms with Crippen molar-refractivity contribution in [3.63, 3.8) is 0 Å². The molecule has 0 saturated carbocycles. The molecule has 2 aromatic rings. The van der Waals surface area contributed by atoms with Gasteiger partial charge in [-0.3, -0.25) is 4.79 Å². The topological polar surface area (TPSA) is 71.6 Å². The van der Waals surface area contributed by atoms with Crippen molar-refractivity contribution >= 4 is 17.4 Å². The van der Waals surface area contributed by atoms with Crippen LogP contribution in [0.5, 0.6) is 0 Å². The maximum Gasteiger partial charge on any atom is 0.177 e. The number of benzene rings is 1. The Morgan fingerprint density at radius 1 is 1.43 bits per heavy atom. The zero-order valence-corrected chi connectivity index (χ0v) is 12.6. The summed E-state index contributed by atoms with van der Waals surface area (Å²) < 4.78 is 1.50. The zero-order valence-electron chi connectivity index (χ0n) is 11.8. The van der Waals surface area contributed by atoms with Crippen LogP contribution in [-0.4, -0.2) is 20.5 Å². The van der Waals surface area contributed by atoms with Crippen LogP contribution in [0.4, 0.5) is 0 Å². The molecule has 21 heavy (non-hydrogen) atoms. The van der Waals surface area contributed by atoms with E-state index in [0.717, 1.165) is 5.56 Å². The molecule has 0 aliphatic heterocycles. The number of ketones is 1. The fourth-order valence-corrected chi connectivity index (χ4v) is 2.13. The van der Waals surface area contributed by atoms with E-state index in [1.54, 1.807) is 26.0 Å². The quantitative estimate of drug-likeness (QED) is 0.851. The number of aromatic nitrogens is 3. The molecule has 1 heterocycles. The van der Waals surface area contributed by atoms with Crippen LogP contribution in [0.1, 0.15) is 25.5 Å². The summed E-state index contributed by atoms with van der Waals surface area (Å²) in [5.41, 5.74) is -0.134. The number of carbonyl (C=O) groups excluding carboxylic acids is 1. The van der Waals surface area contributed by atoms with E-state index >= 15 is 0 Å². The molecule has 1 aromatic heterocycles. The highest BCUT2D eigenvalue weighted by molar-refractivity contribution is 6.30. The maximum atomic E-state index is 12.6. The van der Waals surface area contributed by atoms with Gasteiger partial charge in [0.15, 0.2) is 5.78 Å². The average molecular weight is 303 g/mol. The summed E-state index contributed by atoms with van der Waals surface area (Å²) in [5, 5.41) is 13.9. The lowest BCUT2D eigenvalue weighted by Gasteiger charge is -2.22. The summed E-state index contributed by atoms with van der Waals surface area (Å²) in [7, 11) is 0. The number of halogens is 1. The van der Waals surface area contributed by atoms with Crippen molar-refractivity contribution in [1.82, 2.24) is 14.8 Å². The SMILES string of the molecule is CC(C)(C#N)C(=O)C(Cc1ccc(Cl)cc1)n1cncn1. The fourth-order valence-electron chi connectivity index (χ4n) is 2.00. The monoisotopic (exact) mass is 302 g/mol. The van der Waals surface area contributed by atoms with Gasteiger partial charge in [-0.25, -0.2) is 9.67 Å². The second kappa shape index (κ2) is 6.06. The minimum absolute atomic E-state index is 0.189. The normalized spacial score (nSPS) is 12.7. The van der Waals surface area contributed by atoms with Crippen molar-refractivity contribution in [3.05, 3.63) is 47.5 Å². The Morgan fingerprint density at radius 3 is 2.62 bits per heavy atom. The van der Waals surface area contributed by atoms with E-state index in [1.165, 1.54) is 17.3 Å². The second-order valence-electron chi connectivity index (χ2n) is 5.32. The Hall–Kier alpha value is -2.19. The van der Waals surface area contributed by atoms with Gasteiger partial charge in [0.1, 0.15) is 24.1 Å². The molecule has 0 radical (unpaired) electrons. The van der Waals surface area contributed by atoms with Crippen molar-refractivity contribution < 1.29 is 4.79 Å². The van der Waals surface area contributed by atoms with Gasteiger partial charge in [-0.05, 0) is 31.5 Å². The van der Waals surface area contributed by atoms with Gasteiger partial charge in [-0.1, -0.05) is 23.7 Å². The van der Waals surface area contributed by atoms with Crippen LogP contribution in [-0.2, 0) is 11.2 Å². The highest BCUT2D eigenvalue weighted by Gasteiger charge is 2.35. The highest BCUT2D eigenvalue weighted by atomic mass is 35.5. The predicted molar refractivity (Wildman–Crippen MR) is 78.6 cm³/mol. The number of hydrogen-bond acceptors (Lipinski definition) is 4. The Morgan fingerprint density at radius 2 is 2.10 bits per heavy atom. The molecule has 0 saturated heterocycles. The largest absolute Gasteiger partial charge is 0.295 e. The van der Waals surface area contributed by atoms with Crippen molar-refractivity contribution in [1.29, 1.82) is 5.26 Å². The third-order valence-electron chi connectivity index (χ3n) is 3.30. The van der Waals surface area contributed by atoms with Crippen molar-refractivity contribution in [2.45, 2.75) is 26.3 Å². The Bertz CT molecular complexity index is 656. The first-order chi connectivity index (χ1) is 9.94. The van der Waals surface area contributed by atoms with Crippen LogP contribution in [0.15, 0.2) is 36.9 Å². The average Bonchev–Trinajstić information content (AvgIpc) is 3.00. The van der Waals surface area contributed by atoms with Gasteiger partial charge in [0, 0.05) is 11.4 Å². The molecule has 5 nitrogen and oxygen atoms in total. The minimum Gasteiger partial charge on any atom is -0.295 e. The first-order valence-corrected chi connectivity index (χ1v) is 6.86. The van der Waals surface area contributed by atoms with E-state index in [1.807, 2.05) is 18.2 Å². The van der Waals surface area contributed by atoms with Crippen molar-refractivity contribution in [3.8, 4) is 6.07 Å². The fraction of sp³-hybridized carbons (Fsp3) is 0.333. The van der Waals surface area contributed by atoms with Gasteiger partial charge in [0.2, 0.25) is 0 Å². The Kier molecular flexibility index (Phi) is 4.39. The summed E-state index contributed by atoms with van der Waals surface area (Å²) >= 11 is 5.87. The lowest BCUT2D eigenvalue weighted by atomic mass is 9.84. The third kappa shape index (κ3) is 3.47. The molecule has 0 fully saturated rings. The number of Topliss-reactive ketones (excluding diaryl/α,β-unsaturated/α-hetero) is 1. The third-order valence-corrected chi connectivity index (χ3v) is 3.55. The molecular weight excluding hydrogens is 288 g/mol. The van der Waals surface area contributed by atoms with Gasteiger partial charge in [-0.2, -0.15) is 10.4 Å². The molecule has 0 bridgehead atoms. The molecule has 108 valence electrons. The van der Waals surface area contributed by atoms with Gasteiger partial charge in [-0.15, -0.1) is 0 Å². The molecule has 2 rings (SSSR count). The van der Waals surface area contributed by atoms with E-state index in [-0.39, 0.29) is 5.78 Å². The summed E-state index contributed by atoms with van der Waals surface area (Å²) in [6.45, 7) is 3.22. The number of rotatable bonds is 5. The lowest BCUT2D eigenvalue weighted by molar-refractivity contribution is -0.128. The van der Waals surface area contributed by atoms with Crippen LogP contribution >= 0.6 is 11.6 Å². The van der Waals surface area contributed by atoms with Crippen LogP contribution in [0.3, 0.4) is 0 Å². The van der Waals surface area contributed by atoms with Gasteiger partial charge in [0.05, 0.1) is 6.07 Å². The van der Waals surface area contributed by atoms with Crippen LogP contribution in [0, 0.1) is 16.7 Å². The molecule has 1 unspecified atom stereocenters. The first-order valence-electron chi connectivity index (χ1n) is 6.48. The smallest absolute Gasteiger partial charge is 0.177 e. The number of hydrogen-bond donors (Lipinski definition) is 0. The summed E-state index contributed by atoms with van der Waals surface area (Å²) in [6, 6.07) is 8.75. The summed E-state index contributed by atoms with van der Waals surface area (Å²) in [4.78, 5) is 16.5. The molecular formula is C15H15ClN4O. The Labute approximate surface area is 128 Å². The van der Waals surface area contributed by atoms with E-state index in [4.69, 9.17) is 11.6 Å². The number of carbonyl (C=O) groups is 1. The first kappa shape index (κ1) is 15.2. The van der Waals surface area contributed by atoms with Crippen molar-refractivity contribution in [2.24, 2.45) is 5.41 Å². The molecule has 0 aliphatic carbocycles. The van der Waals surface area contributed by atoms with E-state index in [2.05, 4.69) is 10.1 Å². The minimum atomic E-state index is -1.08. The molecule has 0 N–H and O–H groups in total. The molecule has 0 spiro atoms. The van der Waals surface area contributed by atoms with Gasteiger partial charge in [0.25, 0.3) is 0 Å². The molecule has 1 aromatic carbocycles. The van der Waals surface area contributed by atoms with Crippen LogP contribution < -0.4 is 0 Å². The molecule has 6 heteroatoms. The van der Waals surface area contributed by atoms with Crippen LogP contribution in [0.25, 0.3) is 0 Å². The Balaban J connectivity index is 2.32. The summed E-state index contributed by atoms with van der Waals surface area (Å²) in [6.07, 6.45) is 3.30. The van der Waals surface area contributed by atoms with E-state index in [9.17, 15) is 10.1 Å². The molecule has 0 amide bonds.